The van der Waals surface area contributed by atoms with E-state index in [0.29, 0.717) is 12.7 Å². The van der Waals surface area contributed by atoms with Gasteiger partial charge in [0, 0.05) is 0 Å². The zero-order valence-electron chi connectivity index (χ0n) is 9.19. The lowest BCUT2D eigenvalue weighted by molar-refractivity contribution is 0.0160. The highest BCUT2D eigenvalue weighted by molar-refractivity contribution is 5.13. The summed E-state index contributed by atoms with van der Waals surface area (Å²) in [5.74, 6) is 0. The number of rotatable bonds is 6. The molecule has 0 radical (unpaired) electrons. The van der Waals surface area contributed by atoms with Gasteiger partial charge in [-0.25, -0.2) is 0 Å². The van der Waals surface area contributed by atoms with Crippen molar-refractivity contribution in [2.45, 2.75) is 38.6 Å². The lowest BCUT2D eigenvalue weighted by Crippen LogP contribution is -2.19. The molecule has 1 fully saturated rings. The molecule has 1 aliphatic rings. The number of benzene rings is 1. The summed E-state index contributed by atoms with van der Waals surface area (Å²) < 4.78 is 11.2. The smallest absolute Gasteiger partial charge is 0.107 e. The van der Waals surface area contributed by atoms with Crippen molar-refractivity contribution in [2.75, 3.05) is 6.61 Å². The molecule has 2 rings (SSSR count). The van der Waals surface area contributed by atoms with Crippen LogP contribution in [-0.2, 0) is 16.1 Å². The highest BCUT2D eigenvalue weighted by Crippen LogP contribution is 2.22. The fourth-order valence-electron chi connectivity index (χ4n) is 1.71. The van der Waals surface area contributed by atoms with Gasteiger partial charge >= 0.3 is 0 Å². The van der Waals surface area contributed by atoms with Gasteiger partial charge in [-0.3, -0.25) is 0 Å². The van der Waals surface area contributed by atoms with Crippen LogP contribution in [0.25, 0.3) is 0 Å². The number of ether oxygens (including phenoxy) is 2. The normalized spacial score (nSPS) is 21.3. The van der Waals surface area contributed by atoms with Crippen molar-refractivity contribution >= 4 is 0 Å². The van der Waals surface area contributed by atoms with Crippen LogP contribution in [0.2, 0.25) is 0 Å². The van der Waals surface area contributed by atoms with Crippen molar-refractivity contribution in [3.8, 4) is 0 Å². The average Bonchev–Trinajstić information content (AvgIpc) is 3.09. The van der Waals surface area contributed by atoms with E-state index in [2.05, 4.69) is 19.1 Å². The van der Waals surface area contributed by atoms with Crippen LogP contribution in [0.4, 0.5) is 0 Å². The second-order valence-corrected chi connectivity index (χ2v) is 4.00. The van der Waals surface area contributed by atoms with Crippen molar-refractivity contribution in [1.82, 2.24) is 0 Å². The second-order valence-electron chi connectivity index (χ2n) is 4.00. The fourth-order valence-corrected chi connectivity index (χ4v) is 1.71. The Morgan fingerprint density at radius 3 is 2.73 bits per heavy atom. The van der Waals surface area contributed by atoms with E-state index in [-0.39, 0.29) is 6.10 Å². The summed E-state index contributed by atoms with van der Waals surface area (Å²) in [5.41, 5.74) is 1.24. The summed E-state index contributed by atoms with van der Waals surface area (Å²) in [6.45, 7) is 3.76. The predicted octanol–water partition coefficient (Wildman–Crippen LogP) is 2.77. The summed E-state index contributed by atoms with van der Waals surface area (Å²) in [6.07, 6.45) is 2.89. The van der Waals surface area contributed by atoms with Crippen LogP contribution in [0.15, 0.2) is 30.3 Å². The molecular formula is C13H18O2. The predicted molar refractivity (Wildman–Crippen MR) is 59.7 cm³/mol. The molecule has 2 unspecified atom stereocenters. The molecule has 0 aromatic heterocycles. The average molecular weight is 206 g/mol. The van der Waals surface area contributed by atoms with Crippen molar-refractivity contribution in [2.24, 2.45) is 0 Å². The van der Waals surface area contributed by atoms with Crippen molar-refractivity contribution in [3.63, 3.8) is 0 Å². The largest absolute Gasteiger partial charge is 0.371 e. The first kappa shape index (κ1) is 10.7. The standard InChI is InChI=1S/C13H18O2/c1-2-6-12(13-10-15-13)14-9-11-7-4-3-5-8-11/h3-5,7-8,12-13H,2,6,9-10H2,1H3. The molecule has 15 heavy (non-hydrogen) atoms. The van der Waals surface area contributed by atoms with Crippen LogP contribution in [0.1, 0.15) is 25.3 Å². The topological polar surface area (TPSA) is 21.8 Å². The summed E-state index contributed by atoms with van der Waals surface area (Å²) in [6, 6.07) is 10.3. The van der Waals surface area contributed by atoms with Gasteiger partial charge in [-0.05, 0) is 12.0 Å². The van der Waals surface area contributed by atoms with Crippen LogP contribution in [-0.4, -0.2) is 18.8 Å². The van der Waals surface area contributed by atoms with Gasteiger partial charge in [0.05, 0.1) is 19.3 Å². The first-order valence-corrected chi connectivity index (χ1v) is 5.67. The maximum atomic E-state index is 5.87. The lowest BCUT2D eigenvalue weighted by atomic mass is 10.1. The third kappa shape index (κ3) is 3.33. The molecular weight excluding hydrogens is 188 g/mol. The Morgan fingerprint density at radius 1 is 1.40 bits per heavy atom. The molecule has 1 saturated heterocycles. The number of hydrogen-bond acceptors (Lipinski definition) is 2. The van der Waals surface area contributed by atoms with E-state index < -0.39 is 0 Å². The third-order valence-corrected chi connectivity index (χ3v) is 2.65. The zero-order chi connectivity index (χ0) is 10.5. The van der Waals surface area contributed by atoms with Gasteiger partial charge in [0.15, 0.2) is 0 Å². The molecule has 1 aliphatic heterocycles. The molecule has 1 aromatic rings. The zero-order valence-corrected chi connectivity index (χ0v) is 9.19. The number of epoxide rings is 1. The maximum Gasteiger partial charge on any atom is 0.107 e. The molecule has 2 atom stereocenters. The Bertz CT molecular complexity index is 280. The summed E-state index contributed by atoms with van der Waals surface area (Å²) in [5, 5.41) is 0. The van der Waals surface area contributed by atoms with E-state index in [9.17, 15) is 0 Å². The van der Waals surface area contributed by atoms with Gasteiger partial charge in [-0.15, -0.1) is 0 Å². The van der Waals surface area contributed by atoms with Crippen molar-refractivity contribution in [1.29, 1.82) is 0 Å². The molecule has 1 heterocycles. The first-order valence-electron chi connectivity index (χ1n) is 5.67. The molecule has 0 saturated carbocycles. The Labute approximate surface area is 91.2 Å². The highest BCUT2D eigenvalue weighted by atomic mass is 16.6. The minimum absolute atomic E-state index is 0.287. The SMILES string of the molecule is CCCC(OCc1ccccc1)C1CO1. The fraction of sp³-hybridized carbons (Fsp3) is 0.538. The summed E-state index contributed by atoms with van der Waals surface area (Å²) in [7, 11) is 0. The molecule has 0 spiro atoms. The number of hydrogen-bond donors (Lipinski definition) is 0. The molecule has 0 bridgehead atoms. The van der Waals surface area contributed by atoms with Crippen LogP contribution in [0.3, 0.4) is 0 Å². The van der Waals surface area contributed by atoms with Crippen molar-refractivity contribution < 1.29 is 9.47 Å². The van der Waals surface area contributed by atoms with Crippen molar-refractivity contribution in [3.05, 3.63) is 35.9 Å². The van der Waals surface area contributed by atoms with E-state index in [1.165, 1.54) is 5.56 Å². The Morgan fingerprint density at radius 2 is 2.13 bits per heavy atom. The van der Waals surface area contributed by atoms with Crippen LogP contribution < -0.4 is 0 Å². The molecule has 2 nitrogen and oxygen atoms in total. The maximum absolute atomic E-state index is 5.87. The van der Waals surface area contributed by atoms with Gasteiger partial charge in [0.25, 0.3) is 0 Å². The Kier molecular flexibility index (Phi) is 3.75. The Hall–Kier alpha value is -0.860. The summed E-state index contributed by atoms with van der Waals surface area (Å²) in [4.78, 5) is 0. The van der Waals surface area contributed by atoms with E-state index in [4.69, 9.17) is 9.47 Å². The van der Waals surface area contributed by atoms with Crippen LogP contribution in [0, 0.1) is 0 Å². The van der Waals surface area contributed by atoms with E-state index in [1.54, 1.807) is 0 Å². The quantitative estimate of drug-likeness (QED) is 0.667. The lowest BCUT2D eigenvalue weighted by Gasteiger charge is -2.14. The third-order valence-electron chi connectivity index (χ3n) is 2.65. The van der Waals surface area contributed by atoms with Gasteiger partial charge in [0.2, 0.25) is 0 Å². The molecule has 0 amide bonds. The van der Waals surface area contributed by atoms with Crippen LogP contribution in [0.5, 0.6) is 0 Å². The monoisotopic (exact) mass is 206 g/mol. The van der Waals surface area contributed by atoms with E-state index in [0.717, 1.165) is 19.4 Å². The minimum atomic E-state index is 0.287. The molecule has 82 valence electrons. The van der Waals surface area contributed by atoms with Gasteiger partial charge in [-0.2, -0.15) is 0 Å². The van der Waals surface area contributed by atoms with Crippen LogP contribution >= 0.6 is 0 Å². The van der Waals surface area contributed by atoms with Gasteiger partial charge in [0.1, 0.15) is 6.10 Å². The minimum Gasteiger partial charge on any atom is -0.371 e. The molecule has 0 aliphatic carbocycles. The molecule has 0 N–H and O–H groups in total. The highest BCUT2D eigenvalue weighted by Gasteiger charge is 2.32. The first-order chi connectivity index (χ1) is 7.40. The van der Waals surface area contributed by atoms with E-state index >= 15 is 0 Å². The van der Waals surface area contributed by atoms with Gasteiger partial charge < -0.3 is 9.47 Å². The summed E-state index contributed by atoms with van der Waals surface area (Å²) >= 11 is 0. The second kappa shape index (κ2) is 5.29. The van der Waals surface area contributed by atoms with E-state index in [1.807, 2.05) is 18.2 Å². The molecule has 2 heteroatoms. The Balaban J connectivity index is 1.80. The molecule has 1 aromatic carbocycles. The van der Waals surface area contributed by atoms with Gasteiger partial charge in [-0.1, -0.05) is 43.7 Å².